The molecule has 2 aromatic carbocycles. The molecular formula is C21H23N3O2. The molecule has 5 nitrogen and oxygen atoms in total. The number of anilines is 1. The van der Waals surface area contributed by atoms with E-state index in [0.29, 0.717) is 6.54 Å². The van der Waals surface area contributed by atoms with Crippen LogP contribution in [0.25, 0.3) is 10.9 Å². The van der Waals surface area contributed by atoms with Crippen molar-refractivity contribution in [2.45, 2.75) is 19.1 Å². The van der Waals surface area contributed by atoms with Crippen LogP contribution in [0.1, 0.15) is 23.7 Å². The summed E-state index contributed by atoms with van der Waals surface area (Å²) < 4.78 is 0. The molecule has 0 aliphatic carbocycles. The van der Waals surface area contributed by atoms with Crippen LogP contribution in [0.15, 0.2) is 60.7 Å². The molecule has 3 rings (SSSR count). The van der Waals surface area contributed by atoms with Crippen LogP contribution in [-0.4, -0.2) is 30.1 Å². The average Bonchev–Trinajstić information content (AvgIpc) is 2.66. The van der Waals surface area contributed by atoms with Gasteiger partial charge in [-0.05, 0) is 23.3 Å². The lowest BCUT2D eigenvalue weighted by atomic mass is 10.1. The first-order chi connectivity index (χ1) is 12.5. The molecule has 0 aliphatic rings. The Bertz CT molecular complexity index is 894. The Balaban J connectivity index is 1.72. The number of nitrogens with zero attached hydrogens (tertiary/aromatic N) is 2. The molecule has 0 bridgehead atoms. The number of aliphatic hydroxyl groups is 1. The van der Waals surface area contributed by atoms with Crippen molar-refractivity contribution in [1.29, 1.82) is 0 Å². The number of aliphatic hydroxyl groups excluding tert-OH is 1. The molecular weight excluding hydrogens is 326 g/mol. The Labute approximate surface area is 153 Å². The minimum Gasteiger partial charge on any atom is -0.388 e. The molecule has 26 heavy (non-hydrogen) atoms. The quantitative estimate of drug-likeness (QED) is 0.718. The monoisotopic (exact) mass is 349 g/mol. The largest absolute Gasteiger partial charge is 0.388 e. The standard InChI is InChI=1S/C21H23N3O2/c1-24(2)20-12-16(17-10-6-7-11-18(17)23-20)14-22-21(26)13-19(25)15-8-4-3-5-9-15/h3-12,19,25H,13-14H2,1-2H3,(H,22,26). The minimum atomic E-state index is -0.803. The third-order valence-corrected chi connectivity index (χ3v) is 4.29. The Morgan fingerprint density at radius 1 is 1.12 bits per heavy atom. The number of carbonyl (C=O) groups excluding carboxylic acids is 1. The fraction of sp³-hybridized carbons (Fsp3) is 0.238. The topological polar surface area (TPSA) is 65.5 Å². The fourth-order valence-electron chi connectivity index (χ4n) is 2.84. The predicted octanol–water partition coefficient (Wildman–Crippen LogP) is 3.04. The highest BCUT2D eigenvalue weighted by atomic mass is 16.3. The third-order valence-electron chi connectivity index (χ3n) is 4.29. The maximum Gasteiger partial charge on any atom is 0.223 e. The molecule has 2 N–H and O–H groups in total. The lowest BCUT2D eigenvalue weighted by Gasteiger charge is -2.16. The maximum atomic E-state index is 12.3. The van der Waals surface area contributed by atoms with Gasteiger partial charge in [-0.15, -0.1) is 0 Å². The summed E-state index contributed by atoms with van der Waals surface area (Å²) >= 11 is 0. The minimum absolute atomic E-state index is 0.0353. The Morgan fingerprint density at radius 2 is 1.81 bits per heavy atom. The highest BCUT2D eigenvalue weighted by molar-refractivity contribution is 5.85. The number of pyridine rings is 1. The van der Waals surface area contributed by atoms with E-state index in [0.717, 1.165) is 27.8 Å². The number of hydrogen-bond acceptors (Lipinski definition) is 4. The molecule has 3 aromatic rings. The number of benzene rings is 2. The van der Waals surface area contributed by atoms with Crippen LogP contribution in [-0.2, 0) is 11.3 Å². The zero-order valence-electron chi connectivity index (χ0n) is 15.0. The fourth-order valence-corrected chi connectivity index (χ4v) is 2.84. The number of para-hydroxylation sites is 1. The molecule has 0 radical (unpaired) electrons. The molecule has 134 valence electrons. The smallest absolute Gasteiger partial charge is 0.223 e. The summed E-state index contributed by atoms with van der Waals surface area (Å²) in [6.07, 6.45) is -0.768. The van der Waals surface area contributed by atoms with Crippen LogP contribution in [0.5, 0.6) is 0 Å². The van der Waals surface area contributed by atoms with Crippen molar-refractivity contribution in [2.75, 3.05) is 19.0 Å². The first kappa shape index (κ1) is 17.9. The molecule has 1 aromatic heterocycles. The van der Waals surface area contributed by atoms with E-state index >= 15 is 0 Å². The van der Waals surface area contributed by atoms with Gasteiger partial charge in [0.15, 0.2) is 0 Å². The van der Waals surface area contributed by atoms with Crippen molar-refractivity contribution in [3.63, 3.8) is 0 Å². The van der Waals surface area contributed by atoms with E-state index < -0.39 is 6.10 Å². The molecule has 1 unspecified atom stereocenters. The Morgan fingerprint density at radius 3 is 2.54 bits per heavy atom. The van der Waals surface area contributed by atoms with Gasteiger partial charge >= 0.3 is 0 Å². The van der Waals surface area contributed by atoms with Gasteiger partial charge in [-0.3, -0.25) is 4.79 Å². The van der Waals surface area contributed by atoms with Gasteiger partial charge in [-0.1, -0.05) is 48.5 Å². The SMILES string of the molecule is CN(C)c1cc(CNC(=O)CC(O)c2ccccc2)c2ccccc2n1. The molecule has 1 atom stereocenters. The van der Waals surface area contributed by atoms with Crippen LogP contribution in [0.4, 0.5) is 5.82 Å². The summed E-state index contributed by atoms with van der Waals surface area (Å²) in [5.41, 5.74) is 2.64. The van der Waals surface area contributed by atoms with Crippen LogP contribution in [0.3, 0.4) is 0 Å². The Hall–Kier alpha value is -2.92. The van der Waals surface area contributed by atoms with E-state index in [1.807, 2.05) is 79.7 Å². The summed E-state index contributed by atoms with van der Waals surface area (Å²) in [5.74, 6) is 0.658. The summed E-state index contributed by atoms with van der Waals surface area (Å²) in [6.45, 7) is 0.393. The van der Waals surface area contributed by atoms with Crippen LogP contribution >= 0.6 is 0 Å². The number of carbonyl (C=O) groups is 1. The number of amides is 1. The second-order valence-electron chi connectivity index (χ2n) is 6.46. The van der Waals surface area contributed by atoms with Gasteiger partial charge in [0.05, 0.1) is 18.0 Å². The zero-order valence-corrected chi connectivity index (χ0v) is 15.0. The van der Waals surface area contributed by atoms with Crippen molar-refractivity contribution in [3.05, 3.63) is 71.8 Å². The summed E-state index contributed by atoms with van der Waals surface area (Å²) in [7, 11) is 3.88. The molecule has 0 aliphatic heterocycles. The van der Waals surface area contributed by atoms with E-state index in [1.54, 1.807) is 0 Å². The number of rotatable bonds is 6. The second kappa shape index (κ2) is 7.97. The van der Waals surface area contributed by atoms with Crippen molar-refractivity contribution in [3.8, 4) is 0 Å². The highest BCUT2D eigenvalue weighted by Gasteiger charge is 2.13. The van der Waals surface area contributed by atoms with E-state index in [2.05, 4.69) is 10.3 Å². The van der Waals surface area contributed by atoms with E-state index in [1.165, 1.54) is 0 Å². The molecule has 0 spiro atoms. The zero-order chi connectivity index (χ0) is 18.5. The molecule has 1 amide bonds. The number of nitrogens with one attached hydrogen (secondary N) is 1. The lowest BCUT2D eigenvalue weighted by Crippen LogP contribution is -2.25. The van der Waals surface area contributed by atoms with E-state index in [4.69, 9.17) is 0 Å². The van der Waals surface area contributed by atoms with Crippen molar-refractivity contribution >= 4 is 22.6 Å². The van der Waals surface area contributed by atoms with E-state index in [9.17, 15) is 9.90 Å². The summed E-state index contributed by atoms with van der Waals surface area (Å²) in [5, 5.41) is 14.1. The predicted molar refractivity (Wildman–Crippen MR) is 104 cm³/mol. The van der Waals surface area contributed by atoms with Crippen LogP contribution < -0.4 is 10.2 Å². The molecule has 5 heteroatoms. The molecule has 0 saturated heterocycles. The van der Waals surface area contributed by atoms with Crippen LogP contribution in [0.2, 0.25) is 0 Å². The van der Waals surface area contributed by atoms with Gasteiger partial charge in [0, 0.05) is 26.0 Å². The van der Waals surface area contributed by atoms with Gasteiger partial charge < -0.3 is 15.3 Å². The van der Waals surface area contributed by atoms with Crippen molar-refractivity contribution in [1.82, 2.24) is 10.3 Å². The average molecular weight is 349 g/mol. The highest BCUT2D eigenvalue weighted by Crippen LogP contribution is 2.22. The van der Waals surface area contributed by atoms with Crippen molar-refractivity contribution in [2.24, 2.45) is 0 Å². The van der Waals surface area contributed by atoms with Gasteiger partial charge in [-0.2, -0.15) is 0 Å². The summed E-state index contributed by atoms with van der Waals surface area (Å²) in [6, 6.07) is 19.1. The first-order valence-electron chi connectivity index (χ1n) is 8.60. The van der Waals surface area contributed by atoms with Gasteiger partial charge in [-0.25, -0.2) is 4.98 Å². The number of hydrogen-bond donors (Lipinski definition) is 2. The molecule has 0 fully saturated rings. The van der Waals surface area contributed by atoms with Crippen LogP contribution in [0, 0.1) is 0 Å². The maximum absolute atomic E-state index is 12.3. The number of aromatic nitrogens is 1. The third kappa shape index (κ3) is 4.18. The second-order valence-corrected chi connectivity index (χ2v) is 6.46. The summed E-state index contributed by atoms with van der Waals surface area (Å²) in [4.78, 5) is 18.8. The van der Waals surface area contributed by atoms with Gasteiger partial charge in [0.1, 0.15) is 5.82 Å². The Kier molecular flexibility index (Phi) is 5.49. The number of fused-ring (bicyclic) bond motifs is 1. The van der Waals surface area contributed by atoms with Gasteiger partial charge in [0.25, 0.3) is 0 Å². The first-order valence-corrected chi connectivity index (χ1v) is 8.60. The lowest BCUT2D eigenvalue weighted by molar-refractivity contribution is -0.123. The van der Waals surface area contributed by atoms with Gasteiger partial charge in [0.2, 0.25) is 5.91 Å². The molecule has 1 heterocycles. The normalized spacial score (nSPS) is 12.0. The molecule has 0 saturated carbocycles. The van der Waals surface area contributed by atoms with Crippen molar-refractivity contribution < 1.29 is 9.90 Å². The van der Waals surface area contributed by atoms with E-state index in [-0.39, 0.29) is 12.3 Å².